The van der Waals surface area contributed by atoms with E-state index in [1.165, 1.54) is 24.6 Å². The van der Waals surface area contributed by atoms with Gasteiger partial charge in [-0.05, 0) is 25.0 Å². The summed E-state index contributed by atoms with van der Waals surface area (Å²) in [5, 5.41) is 0. The monoisotopic (exact) mass is 300 g/mol. The summed E-state index contributed by atoms with van der Waals surface area (Å²) in [4.78, 5) is 12.4. The number of benzene rings is 1. The normalized spacial score (nSPS) is 17.9. The van der Waals surface area contributed by atoms with Gasteiger partial charge in [-0.2, -0.15) is 0 Å². The third kappa shape index (κ3) is 5.06. The number of hydrogen-bond acceptors (Lipinski definition) is 2. The second-order valence-electron chi connectivity index (χ2n) is 5.48. The van der Waals surface area contributed by atoms with E-state index in [-0.39, 0.29) is 17.5 Å². The molecule has 0 N–H and O–H groups in total. The largest absolute Gasteiger partial charge is 0.573 e. The minimum atomic E-state index is -4.73. The molecule has 0 atom stereocenters. The highest BCUT2D eigenvalue weighted by atomic mass is 19.4. The molecule has 0 unspecified atom stereocenters. The molecule has 1 saturated carbocycles. The Kier molecular flexibility index (Phi) is 5.26. The first kappa shape index (κ1) is 15.9. The van der Waals surface area contributed by atoms with Crippen molar-refractivity contribution in [3.8, 4) is 5.75 Å². The van der Waals surface area contributed by atoms with E-state index in [9.17, 15) is 18.0 Å². The lowest BCUT2D eigenvalue weighted by Gasteiger charge is -2.19. The van der Waals surface area contributed by atoms with Gasteiger partial charge in [-0.1, -0.05) is 44.2 Å². The molecule has 0 saturated heterocycles. The van der Waals surface area contributed by atoms with Crippen LogP contribution in [0.3, 0.4) is 0 Å². The summed E-state index contributed by atoms with van der Waals surface area (Å²) in [6.45, 7) is 0. The van der Waals surface area contributed by atoms with Crippen LogP contribution < -0.4 is 4.74 Å². The Bertz CT molecular complexity index is 475. The van der Waals surface area contributed by atoms with Gasteiger partial charge in [0.15, 0.2) is 5.78 Å². The third-order valence-electron chi connectivity index (χ3n) is 3.83. The molecule has 0 bridgehead atoms. The zero-order valence-electron chi connectivity index (χ0n) is 11.8. The molecule has 0 aromatic heterocycles. The van der Waals surface area contributed by atoms with Gasteiger partial charge in [0.1, 0.15) is 5.75 Å². The van der Waals surface area contributed by atoms with Crippen molar-refractivity contribution in [3.05, 3.63) is 29.8 Å². The van der Waals surface area contributed by atoms with Gasteiger partial charge >= 0.3 is 6.36 Å². The molecule has 116 valence electrons. The molecule has 1 aromatic rings. The van der Waals surface area contributed by atoms with Crippen LogP contribution in [0.15, 0.2) is 24.3 Å². The van der Waals surface area contributed by atoms with Crippen molar-refractivity contribution in [2.24, 2.45) is 5.92 Å². The summed E-state index contributed by atoms with van der Waals surface area (Å²) in [5.41, 5.74) is 0.308. The van der Waals surface area contributed by atoms with Crippen molar-refractivity contribution in [1.29, 1.82) is 0 Å². The molecule has 1 aliphatic rings. The van der Waals surface area contributed by atoms with Gasteiger partial charge in [-0.15, -0.1) is 13.2 Å². The highest BCUT2D eigenvalue weighted by molar-refractivity contribution is 5.98. The highest BCUT2D eigenvalue weighted by Gasteiger charge is 2.31. The second-order valence-corrected chi connectivity index (χ2v) is 5.48. The SMILES string of the molecule is O=C(c1cccc(OC(F)(F)F)c1)C1CCCCCCC1. The summed E-state index contributed by atoms with van der Waals surface area (Å²) in [6.07, 6.45) is 2.39. The molecule has 2 nitrogen and oxygen atoms in total. The Morgan fingerprint density at radius 2 is 1.67 bits per heavy atom. The van der Waals surface area contributed by atoms with E-state index in [1.807, 2.05) is 0 Å². The van der Waals surface area contributed by atoms with Crippen molar-refractivity contribution >= 4 is 5.78 Å². The van der Waals surface area contributed by atoms with E-state index < -0.39 is 6.36 Å². The molecule has 1 fully saturated rings. The van der Waals surface area contributed by atoms with E-state index in [4.69, 9.17) is 0 Å². The third-order valence-corrected chi connectivity index (χ3v) is 3.83. The number of hydrogen-bond donors (Lipinski definition) is 0. The Labute approximate surface area is 122 Å². The average molecular weight is 300 g/mol. The number of carbonyl (C=O) groups excluding carboxylic acids is 1. The molecule has 21 heavy (non-hydrogen) atoms. The molecule has 0 amide bonds. The van der Waals surface area contributed by atoms with Crippen molar-refractivity contribution in [1.82, 2.24) is 0 Å². The van der Waals surface area contributed by atoms with E-state index in [0.717, 1.165) is 38.5 Å². The zero-order valence-corrected chi connectivity index (χ0v) is 11.8. The molecular weight excluding hydrogens is 281 g/mol. The maximum Gasteiger partial charge on any atom is 0.573 e. The van der Waals surface area contributed by atoms with Gasteiger partial charge in [0, 0.05) is 11.5 Å². The molecular formula is C16H19F3O2. The summed E-state index contributed by atoms with van der Waals surface area (Å²) in [5.74, 6) is -0.477. The minimum Gasteiger partial charge on any atom is -0.406 e. The zero-order chi connectivity index (χ0) is 15.3. The van der Waals surface area contributed by atoms with E-state index in [1.54, 1.807) is 6.07 Å². The van der Waals surface area contributed by atoms with Gasteiger partial charge in [-0.3, -0.25) is 4.79 Å². The van der Waals surface area contributed by atoms with Gasteiger partial charge in [0.05, 0.1) is 0 Å². The highest BCUT2D eigenvalue weighted by Crippen LogP contribution is 2.28. The number of ketones is 1. The van der Waals surface area contributed by atoms with Crippen molar-refractivity contribution in [2.75, 3.05) is 0 Å². The molecule has 2 rings (SSSR count). The van der Waals surface area contributed by atoms with Gasteiger partial charge in [0.2, 0.25) is 0 Å². The van der Waals surface area contributed by atoms with Gasteiger partial charge in [-0.25, -0.2) is 0 Å². The van der Waals surface area contributed by atoms with Crippen molar-refractivity contribution in [2.45, 2.75) is 51.3 Å². The summed E-state index contributed by atoms with van der Waals surface area (Å²) >= 11 is 0. The topological polar surface area (TPSA) is 26.3 Å². The maximum atomic E-state index is 12.4. The number of rotatable bonds is 3. The predicted octanol–water partition coefficient (Wildman–Crippen LogP) is 5.13. The van der Waals surface area contributed by atoms with Crippen LogP contribution in [0.25, 0.3) is 0 Å². The number of halogens is 3. The predicted molar refractivity (Wildman–Crippen MR) is 73.3 cm³/mol. The van der Waals surface area contributed by atoms with Crippen LogP contribution in [0.2, 0.25) is 0 Å². The van der Waals surface area contributed by atoms with Crippen LogP contribution in [0.1, 0.15) is 55.3 Å². The standard InChI is InChI=1S/C16H19F3O2/c17-16(18,19)21-14-10-6-9-13(11-14)15(20)12-7-4-2-1-3-5-8-12/h6,9-12H,1-5,7-8H2. The van der Waals surface area contributed by atoms with Crippen LogP contribution in [0.5, 0.6) is 5.75 Å². The number of ether oxygens (including phenoxy) is 1. The fourth-order valence-corrected chi connectivity index (χ4v) is 2.80. The van der Waals surface area contributed by atoms with E-state index in [2.05, 4.69) is 4.74 Å². The molecule has 1 aromatic carbocycles. The number of alkyl halides is 3. The quantitative estimate of drug-likeness (QED) is 0.723. The van der Waals surface area contributed by atoms with Gasteiger partial charge in [0.25, 0.3) is 0 Å². The lowest BCUT2D eigenvalue weighted by atomic mass is 9.85. The lowest BCUT2D eigenvalue weighted by molar-refractivity contribution is -0.274. The number of carbonyl (C=O) groups is 1. The maximum absolute atomic E-state index is 12.4. The summed E-state index contributed by atoms with van der Waals surface area (Å²) < 4.78 is 40.5. The summed E-state index contributed by atoms with van der Waals surface area (Å²) in [7, 11) is 0. The fourth-order valence-electron chi connectivity index (χ4n) is 2.80. The van der Waals surface area contributed by atoms with Crippen LogP contribution in [0.4, 0.5) is 13.2 Å². The first-order chi connectivity index (χ1) is 9.96. The molecule has 0 heterocycles. The Hall–Kier alpha value is -1.52. The second kappa shape index (κ2) is 6.96. The Balaban J connectivity index is 2.09. The molecule has 5 heteroatoms. The van der Waals surface area contributed by atoms with Crippen molar-refractivity contribution < 1.29 is 22.7 Å². The first-order valence-corrected chi connectivity index (χ1v) is 7.36. The Morgan fingerprint density at radius 3 is 2.29 bits per heavy atom. The van der Waals surface area contributed by atoms with Crippen LogP contribution in [-0.4, -0.2) is 12.1 Å². The molecule has 0 aliphatic heterocycles. The minimum absolute atomic E-state index is 0.0653. The van der Waals surface area contributed by atoms with Gasteiger partial charge < -0.3 is 4.74 Å². The van der Waals surface area contributed by atoms with Crippen LogP contribution in [-0.2, 0) is 0 Å². The smallest absolute Gasteiger partial charge is 0.406 e. The molecule has 1 aliphatic carbocycles. The first-order valence-electron chi connectivity index (χ1n) is 7.36. The van der Waals surface area contributed by atoms with Crippen LogP contribution >= 0.6 is 0 Å². The van der Waals surface area contributed by atoms with E-state index in [0.29, 0.717) is 5.56 Å². The molecule has 0 spiro atoms. The summed E-state index contributed by atoms with van der Waals surface area (Å²) in [6, 6.07) is 5.39. The lowest BCUT2D eigenvalue weighted by Crippen LogP contribution is -2.19. The fraction of sp³-hybridized carbons (Fsp3) is 0.562. The average Bonchev–Trinajstić information content (AvgIpc) is 2.36. The Morgan fingerprint density at radius 1 is 1.05 bits per heavy atom. The number of Topliss-reactive ketones (excluding diaryl/α,β-unsaturated/α-hetero) is 1. The van der Waals surface area contributed by atoms with E-state index >= 15 is 0 Å². The molecule has 0 radical (unpaired) electrons. The van der Waals surface area contributed by atoms with Crippen LogP contribution in [0, 0.1) is 5.92 Å². The van der Waals surface area contributed by atoms with Crippen molar-refractivity contribution in [3.63, 3.8) is 0 Å².